The van der Waals surface area contributed by atoms with Gasteiger partial charge in [0.1, 0.15) is 0 Å². The van der Waals surface area contributed by atoms with E-state index in [0.717, 1.165) is 12.8 Å². The number of hydrogen-bond donors (Lipinski definition) is 1. The Morgan fingerprint density at radius 1 is 1.32 bits per heavy atom. The zero-order valence-electron chi connectivity index (χ0n) is 11.8. The summed E-state index contributed by atoms with van der Waals surface area (Å²) >= 11 is 5.70. The van der Waals surface area contributed by atoms with Crippen LogP contribution in [0.3, 0.4) is 0 Å². The van der Waals surface area contributed by atoms with Crippen molar-refractivity contribution in [3.8, 4) is 0 Å². The summed E-state index contributed by atoms with van der Waals surface area (Å²) < 4.78 is 27.1. The van der Waals surface area contributed by atoms with Crippen LogP contribution in [0.2, 0.25) is 0 Å². The van der Waals surface area contributed by atoms with Gasteiger partial charge in [0.2, 0.25) is 10.0 Å². The van der Waals surface area contributed by atoms with Crippen molar-refractivity contribution in [1.29, 1.82) is 0 Å². The minimum Gasteiger partial charge on any atom is -0.300 e. The van der Waals surface area contributed by atoms with Crippen LogP contribution in [-0.2, 0) is 10.0 Å². The predicted molar refractivity (Wildman–Crippen MR) is 79.0 cm³/mol. The Balaban J connectivity index is 1.93. The molecule has 3 atom stereocenters. The van der Waals surface area contributed by atoms with Gasteiger partial charge in [0.25, 0.3) is 0 Å². The fraction of sp³-hybridized carbons (Fsp3) is 1.00. The molecular weight excluding hydrogens is 284 g/mol. The van der Waals surface area contributed by atoms with Crippen molar-refractivity contribution in [3.63, 3.8) is 0 Å². The minimum atomic E-state index is -3.19. The second-order valence-corrected chi connectivity index (χ2v) is 8.34. The standard InChI is InChI=1S/C13H25ClN2O2S/c1-10(8-14)9-19(17,18)15-11-6-12-4-3-5-13(7-11)16(12)2/h10-13,15H,3-9H2,1-2H3. The average molecular weight is 309 g/mol. The highest BCUT2D eigenvalue weighted by atomic mass is 35.5. The van der Waals surface area contributed by atoms with Crippen molar-refractivity contribution in [1.82, 2.24) is 9.62 Å². The first-order valence-corrected chi connectivity index (χ1v) is 9.38. The Labute approximate surface area is 121 Å². The lowest BCUT2D eigenvalue weighted by atomic mass is 9.83. The Bertz CT molecular complexity index is 387. The zero-order chi connectivity index (χ0) is 14.0. The molecule has 2 heterocycles. The lowest BCUT2D eigenvalue weighted by Gasteiger charge is -2.47. The van der Waals surface area contributed by atoms with E-state index in [2.05, 4.69) is 16.7 Å². The Morgan fingerprint density at radius 3 is 2.42 bits per heavy atom. The highest BCUT2D eigenvalue weighted by Crippen LogP contribution is 2.32. The molecule has 3 unspecified atom stereocenters. The van der Waals surface area contributed by atoms with Crippen molar-refractivity contribution in [2.45, 2.75) is 57.2 Å². The van der Waals surface area contributed by atoms with Gasteiger partial charge in [0, 0.05) is 24.0 Å². The van der Waals surface area contributed by atoms with Gasteiger partial charge in [-0.2, -0.15) is 0 Å². The van der Waals surface area contributed by atoms with Gasteiger partial charge >= 0.3 is 0 Å². The van der Waals surface area contributed by atoms with Crippen LogP contribution >= 0.6 is 11.6 Å². The molecule has 2 aliphatic rings. The van der Waals surface area contributed by atoms with Crippen LogP contribution in [0.5, 0.6) is 0 Å². The number of sulfonamides is 1. The molecule has 6 heteroatoms. The van der Waals surface area contributed by atoms with Crippen molar-refractivity contribution >= 4 is 21.6 Å². The van der Waals surface area contributed by atoms with Crippen LogP contribution in [0.25, 0.3) is 0 Å². The third-order valence-electron chi connectivity index (χ3n) is 4.45. The maximum absolute atomic E-state index is 12.1. The molecule has 0 aromatic carbocycles. The van der Waals surface area contributed by atoms with Gasteiger partial charge in [-0.1, -0.05) is 13.3 Å². The second-order valence-electron chi connectivity index (χ2n) is 6.23. The summed E-state index contributed by atoms with van der Waals surface area (Å²) in [5.41, 5.74) is 0. The molecule has 0 saturated carbocycles. The number of rotatable bonds is 5. The summed E-state index contributed by atoms with van der Waals surface area (Å²) in [7, 11) is -1.02. The number of alkyl halides is 1. The molecule has 2 saturated heterocycles. The lowest BCUT2D eigenvalue weighted by Crippen LogP contribution is -2.55. The van der Waals surface area contributed by atoms with Crippen molar-refractivity contribution < 1.29 is 8.42 Å². The average Bonchev–Trinajstić information content (AvgIpc) is 2.29. The van der Waals surface area contributed by atoms with Crippen LogP contribution in [0.1, 0.15) is 39.0 Å². The van der Waals surface area contributed by atoms with Crippen LogP contribution in [-0.4, -0.2) is 50.1 Å². The quantitative estimate of drug-likeness (QED) is 0.788. The molecule has 1 N–H and O–H groups in total. The molecule has 0 aromatic heterocycles. The SMILES string of the molecule is CC(CCl)CS(=O)(=O)NC1CC2CCCC(C1)N2C. The second kappa shape index (κ2) is 6.29. The predicted octanol–water partition coefficient (Wildman–Crippen LogP) is 1.80. The Kier molecular flexibility index (Phi) is 5.15. The number of halogens is 1. The van der Waals surface area contributed by atoms with Gasteiger partial charge < -0.3 is 4.90 Å². The molecule has 0 radical (unpaired) electrons. The van der Waals surface area contributed by atoms with Gasteiger partial charge in [-0.25, -0.2) is 13.1 Å². The van der Waals surface area contributed by atoms with E-state index in [-0.39, 0.29) is 17.7 Å². The molecule has 2 rings (SSSR count). The molecule has 19 heavy (non-hydrogen) atoms. The van der Waals surface area contributed by atoms with Crippen molar-refractivity contribution in [2.24, 2.45) is 5.92 Å². The maximum atomic E-state index is 12.1. The number of nitrogens with zero attached hydrogens (tertiary/aromatic N) is 1. The van der Waals surface area contributed by atoms with E-state index >= 15 is 0 Å². The van der Waals surface area contributed by atoms with Crippen LogP contribution < -0.4 is 4.72 Å². The summed E-state index contributed by atoms with van der Waals surface area (Å²) in [4.78, 5) is 2.44. The fourth-order valence-corrected chi connectivity index (χ4v) is 5.34. The third kappa shape index (κ3) is 4.06. The van der Waals surface area contributed by atoms with E-state index in [1.807, 2.05) is 6.92 Å². The van der Waals surface area contributed by atoms with E-state index in [1.54, 1.807) is 0 Å². The summed E-state index contributed by atoms with van der Waals surface area (Å²) in [5.74, 6) is 0.530. The number of nitrogens with one attached hydrogen (secondary N) is 1. The first kappa shape index (κ1) is 15.5. The first-order chi connectivity index (χ1) is 8.91. The molecule has 0 aliphatic carbocycles. The fourth-order valence-electron chi connectivity index (χ4n) is 3.43. The van der Waals surface area contributed by atoms with Crippen LogP contribution in [0.15, 0.2) is 0 Å². The molecule has 4 nitrogen and oxygen atoms in total. The summed E-state index contributed by atoms with van der Waals surface area (Å²) in [6.45, 7) is 1.87. The minimum absolute atomic E-state index is 0.00457. The van der Waals surface area contributed by atoms with Crippen LogP contribution in [0.4, 0.5) is 0 Å². The van der Waals surface area contributed by atoms with Gasteiger partial charge in [-0.15, -0.1) is 11.6 Å². The van der Waals surface area contributed by atoms with Gasteiger partial charge in [0.05, 0.1) is 5.75 Å². The van der Waals surface area contributed by atoms with Crippen molar-refractivity contribution in [2.75, 3.05) is 18.7 Å². The monoisotopic (exact) mass is 308 g/mol. The molecule has 0 aromatic rings. The van der Waals surface area contributed by atoms with Crippen molar-refractivity contribution in [3.05, 3.63) is 0 Å². The van der Waals surface area contributed by atoms with E-state index in [1.165, 1.54) is 19.3 Å². The molecule has 2 fully saturated rings. The number of piperidine rings is 2. The summed E-state index contributed by atoms with van der Waals surface area (Å²) in [6, 6.07) is 1.20. The smallest absolute Gasteiger partial charge is 0.212 e. The lowest BCUT2D eigenvalue weighted by molar-refractivity contribution is 0.0536. The molecular formula is C13H25ClN2O2S. The van der Waals surface area contributed by atoms with E-state index in [4.69, 9.17) is 11.6 Å². The van der Waals surface area contributed by atoms with E-state index < -0.39 is 10.0 Å². The normalized spacial score (nSPS) is 34.2. The van der Waals surface area contributed by atoms with Gasteiger partial charge in [-0.05, 0) is 38.6 Å². The zero-order valence-corrected chi connectivity index (χ0v) is 13.4. The highest BCUT2D eigenvalue weighted by Gasteiger charge is 2.37. The molecule has 0 spiro atoms. The molecule has 2 bridgehead atoms. The van der Waals surface area contributed by atoms with Gasteiger partial charge in [-0.3, -0.25) is 0 Å². The number of hydrogen-bond acceptors (Lipinski definition) is 3. The van der Waals surface area contributed by atoms with E-state index in [0.29, 0.717) is 18.0 Å². The molecule has 2 aliphatic heterocycles. The summed E-state index contributed by atoms with van der Waals surface area (Å²) in [6.07, 6.45) is 5.57. The van der Waals surface area contributed by atoms with Crippen LogP contribution in [0, 0.1) is 5.92 Å². The number of fused-ring (bicyclic) bond motifs is 2. The Morgan fingerprint density at radius 2 is 1.89 bits per heavy atom. The molecule has 0 amide bonds. The Hall–Kier alpha value is 0.160. The molecule has 112 valence electrons. The maximum Gasteiger partial charge on any atom is 0.212 e. The van der Waals surface area contributed by atoms with E-state index in [9.17, 15) is 8.42 Å². The topological polar surface area (TPSA) is 49.4 Å². The third-order valence-corrected chi connectivity index (χ3v) is 6.68. The first-order valence-electron chi connectivity index (χ1n) is 7.19. The van der Waals surface area contributed by atoms with Gasteiger partial charge in [0.15, 0.2) is 0 Å². The highest BCUT2D eigenvalue weighted by molar-refractivity contribution is 7.89. The summed E-state index contributed by atoms with van der Waals surface area (Å²) in [5, 5.41) is 0. The largest absolute Gasteiger partial charge is 0.300 e.